The minimum atomic E-state index is -5.96. The molecule has 7 nitrogen and oxygen atoms in total. The minimum absolute atomic E-state index is 0.124. The highest BCUT2D eigenvalue weighted by Crippen LogP contribution is 2.31. The van der Waals surface area contributed by atoms with Gasteiger partial charge >= 0.3 is 21.4 Å². The van der Waals surface area contributed by atoms with Crippen molar-refractivity contribution in [3.05, 3.63) is 27.9 Å². The van der Waals surface area contributed by atoms with Gasteiger partial charge in [-0.1, -0.05) is 0 Å². The van der Waals surface area contributed by atoms with Crippen LogP contribution >= 0.6 is 0 Å². The van der Waals surface area contributed by atoms with E-state index in [0.29, 0.717) is 0 Å². The summed E-state index contributed by atoms with van der Waals surface area (Å²) in [7, 11) is -5.96. The molecule has 100 valence electrons. The van der Waals surface area contributed by atoms with Crippen molar-refractivity contribution in [3.8, 4) is 5.75 Å². The third-order valence-corrected chi connectivity index (χ3v) is 2.60. The molecule has 0 radical (unpaired) electrons. The third kappa shape index (κ3) is 2.85. The summed E-state index contributed by atoms with van der Waals surface area (Å²) in [5.74, 6) is -2.20. The van der Waals surface area contributed by atoms with E-state index in [1.165, 1.54) is 6.92 Å². The average molecular weight is 286 g/mol. The van der Waals surface area contributed by atoms with Crippen molar-refractivity contribution in [2.45, 2.75) is 12.4 Å². The lowest BCUT2D eigenvalue weighted by Crippen LogP contribution is -2.28. The zero-order valence-electron chi connectivity index (χ0n) is 8.63. The first-order chi connectivity index (χ1) is 8.04. The van der Waals surface area contributed by atoms with Gasteiger partial charge in [0.2, 0.25) is 5.75 Å². The van der Waals surface area contributed by atoms with Crippen LogP contribution in [0.15, 0.2) is 12.1 Å². The number of hydrogen-bond donors (Lipinski definition) is 0. The number of alkyl halides is 3. The summed E-state index contributed by atoms with van der Waals surface area (Å²) < 4.78 is 61.1. The molecule has 1 aromatic rings. The van der Waals surface area contributed by atoms with Gasteiger partial charge in [0, 0.05) is 6.92 Å². The van der Waals surface area contributed by atoms with E-state index in [-0.39, 0.29) is 5.69 Å². The van der Waals surface area contributed by atoms with Crippen LogP contribution in [0.5, 0.6) is 5.75 Å². The van der Waals surface area contributed by atoms with Gasteiger partial charge in [-0.05, 0) is 22.0 Å². The second-order valence-electron chi connectivity index (χ2n) is 3.01. The van der Waals surface area contributed by atoms with Crippen molar-refractivity contribution < 1.29 is 30.7 Å². The largest absolute Gasteiger partial charge is 0.534 e. The maximum Gasteiger partial charge on any atom is 0.534 e. The Kier molecular flexibility index (Phi) is 3.46. The molecule has 0 aliphatic rings. The molecule has 0 fully saturated rings. The number of nitro groups is 1. The number of aryl methyl sites for hydroxylation is 1. The molecule has 0 aromatic carbocycles. The van der Waals surface area contributed by atoms with Crippen molar-refractivity contribution in [1.82, 2.24) is 4.98 Å². The average Bonchev–Trinajstić information content (AvgIpc) is 2.18. The molecule has 11 heteroatoms. The Hall–Kier alpha value is -1.91. The van der Waals surface area contributed by atoms with E-state index in [9.17, 15) is 31.7 Å². The van der Waals surface area contributed by atoms with E-state index in [1.807, 2.05) is 0 Å². The molecule has 0 unspecified atom stereocenters. The second kappa shape index (κ2) is 4.40. The van der Waals surface area contributed by atoms with Gasteiger partial charge in [-0.25, -0.2) is 0 Å². The van der Waals surface area contributed by atoms with Gasteiger partial charge in [0.15, 0.2) is 0 Å². The predicted octanol–water partition coefficient (Wildman–Crippen LogP) is 1.53. The smallest absolute Gasteiger partial charge is 0.367 e. The molecular formula is C7H5F3N2O5S. The second-order valence-corrected chi connectivity index (χ2v) is 4.55. The first-order valence-electron chi connectivity index (χ1n) is 4.17. The Morgan fingerprint density at radius 1 is 1.39 bits per heavy atom. The number of hydrogen-bond acceptors (Lipinski definition) is 6. The maximum atomic E-state index is 12.0. The minimum Gasteiger partial charge on any atom is -0.367 e. The lowest BCUT2D eigenvalue weighted by molar-refractivity contribution is -0.390. The predicted molar refractivity (Wildman–Crippen MR) is 51.2 cm³/mol. The molecule has 0 saturated heterocycles. The molecule has 1 heterocycles. The fraction of sp³-hybridized carbons (Fsp3) is 0.286. The SMILES string of the molecule is Cc1ccc(OS(=O)(=O)C(F)(F)F)c([N+](=O)[O-])n1. The van der Waals surface area contributed by atoms with Crippen LogP contribution in [0.4, 0.5) is 19.0 Å². The standard InChI is InChI=1S/C7H5F3N2O5S/c1-4-2-3-5(6(11-4)12(13)14)17-18(15,16)7(8,9)10/h2-3H,1H3. The summed E-state index contributed by atoms with van der Waals surface area (Å²) in [5, 5.41) is 10.5. The van der Waals surface area contributed by atoms with Crippen molar-refractivity contribution in [2.24, 2.45) is 0 Å². The lowest BCUT2D eigenvalue weighted by Gasteiger charge is -2.09. The number of halogens is 3. The molecule has 0 amide bonds. The zero-order chi connectivity index (χ0) is 14.1. The highest BCUT2D eigenvalue weighted by molar-refractivity contribution is 7.88. The van der Waals surface area contributed by atoms with Crippen LogP contribution < -0.4 is 4.18 Å². The van der Waals surface area contributed by atoms with Gasteiger partial charge < -0.3 is 14.3 Å². The van der Waals surface area contributed by atoms with Crippen molar-refractivity contribution in [3.63, 3.8) is 0 Å². The zero-order valence-corrected chi connectivity index (χ0v) is 9.45. The van der Waals surface area contributed by atoms with Gasteiger partial charge in [0.25, 0.3) is 0 Å². The fourth-order valence-corrected chi connectivity index (χ4v) is 1.35. The van der Waals surface area contributed by atoms with Gasteiger partial charge in [-0.3, -0.25) is 0 Å². The summed E-state index contributed by atoms with van der Waals surface area (Å²) in [6.45, 7) is 1.34. The van der Waals surface area contributed by atoms with Crippen LogP contribution in [0.1, 0.15) is 5.69 Å². The Balaban J connectivity index is 3.25. The molecule has 0 saturated carbocycles. The van der Waals surface area contributed by atoms with E-state index < -0.39 is 32.1 Å². The number of pyridine rings is 1. The molecular weight excluding hydrogens is 281 g/mol. The maximum absolute atomic E-state index is 12.0. The topological polar surface area (TPSA) is 99.4 Å². The van der Waals surface area contributed by atoms with E-state index in [2.05, 4.69) is 9.17 Å². The summed E-state index contributed by atoms with van der Waals surface area (Å²) in [6.07, 6.45) is 0. The highest BCUT2D eigenvalue weighted by atomic mass is 32.2. The summed E-state index contributed by atoms with van der Waals surface area (Å²) >= 11 is 0. The van der Waals surface area contributed by atoms with Crippen molar-refractivity contribution in [1.29, 1.82) is 0 Å². The summed E-state index contributed by atoms with van der Waals surface area (Å²) in [6, 6.07) is 1.80. The Bertz CT molecular complexity index is 583. The van der Waals surface area contributed by atoms with E-state index in [0.717, 1.165) is 12.1 Å². The summed E-state index contributed by atoms with van der Waals surface area (Å²) in [4.78, 5) is 12.6. The fourth-order valence-electron chi connectivity index (χ4n) is 0.892. The first-order valence-corrected chi connectivity index (χ1v) is 5.58. The van der Waals surface area contributed by atoms with Gasteiger partial charge in [0.1, 0.15) is 5.69 Å². The number of nitrogens with zero attached hydrogens (tertiary/aromatic N) is 2. The monoisotopic (exact) mass is 286 g/mol. The van der Waals surface area contributed by atoms with Crippen LogP contribution in [0.25, 0.3) is 0 Å². The molecule has 1 aromatic heterocycles. The summed E-state index contributed by atoms with van der Waals surface area (Å²) in [5.41, 5.74) is -5.55. The van der Waals surface area contributed by atoms with Gasteiger partial charge in [-0.15, -0.1) is 0 Å². The molecule has 0 aliphatic heterocycles. The molecule has 0 bridgehead atoms. The Morgan fingerprint density at radius 2 is 1.94 bits per heavy atom. The van der Waals surface area contributed by atoms with Gasteiger partial charge in [0.05, 0.1) is 0 Å². The normalized spacial score (nSPS) is 12.2. The van der Waals surface area contributed by atoms with Crippen LogP contribution in [-0.4, -0.2) is 23.8 Å². The molecule has 0 atom stereocenters. The van der Waals surface area contributed by atoms with Crippen molar-refractivity contribution >= 4 is 15.9 Å². The van der Waals surface area contributed by atoms with Gasteiger partial charge in [-0.2, -0.15) is 21.6 Å². The third-order valence-electron chi connectivity index (χ3n) is 1.63. The van der Waals surface area contributed by atoms with Crippen LogP contribution in [0.3, 0.4) is 0 Å². The molecule has 0 aliphatic carbocycles. The first kappa shape index (κ1) is 14.2. The van der Waals surface area contributed by atoms with E-state index in [1.54, 1.807) is 0 Å². The van der Waals surface area contributed by atoms with Crippen LogP contribution in [-0.2, 0) is 10.1 Å². The van der Waals surface area contributed by atoms with Crippen LogP contribution in [0.2, 0.25) is 0 Å². The van der Waals surface area contributed by atoms with Crippen molar-refractivity contribution in [2.75, 3.05) is 0 Å². The molecule has 0 spiro atoms. The Morgan fingerprint density at radius 3 is 2.39 bits per heavy atom. The molecule has 1 rings (SSSR count). The number of aromatic nitrogens is 1. The molecule has 18 heavy (non-hydrogen) atoms. The quantitative estimate of drug-likeness (QED) is 0.361. The van der Waals surface area contributed by atoms with Crippen LogP contribution in [0, 0.1) is 17.0 Å². The molecule has 0 N–H and O–H groups in total. The van der Waals surface area contributed by atoms with E-state index in [4.69, 9.17) is 0 Å². The highest BCUT2D eigenvalue weighted by Gasteiger charge is 2.49. The Labute approximate surface area is 98.5 Å². The van der Waals surface area contributed by atoms with E-state index >= 15 is 0 Å². The number of rotatable bonds is 3. The lowest BCUT2D eigenvalue weighted by atomic mass is 10.3.